The number of nitrogens with two attached hydrogens (primary N) is 1. The molecule has 1 heterocycles. The van der Waals surface area contributed by atoms with Gasteiger partial charge >= 0.3 is 0 Å². The van der Waals surface area contributed by atoms with Gasteiger partial charge in [-0.15, -0.1) is 0 Å². The van der Waals surface area contributed by atoms with Crippen LogP contribution in [0, 0.1) is 0 Å². The van der Waals surface area contributed by atoms with Gasteiger partial charge in [-0.05, 0) is 6.42 Å². The number of aromatic nitrogens is 2. The number of hydrogen-bond donors (Lipinski definition) is 2. The lowest BCUT2D eigenvalue weighted by atomic mass is 10.2. The number of rotatable bonds is 4. The average Bonchev–Trinajstić information content (AvgIpc) is 2.60. The van der Waals surface area contributed by atoms with Gasteiger partial charge in [0.05, 0.1) is 0 Å². The van der Waals surface area contributed by atoms with Crippen LogP contribution in [0.25, 0.3) is 0 Å². The van der Waals surface area contributed by atoms with E-state index in [1.807, 2.05) is 6.92 Å². The van der Waals surface area contributed by atoms with Crippen molar-refractivity contribution in [2.75, 3.05) is 6.54 Å². The van der Waals surface area contributed by atoms with Gasteiger partial charge in [0.25, 0.3) is 5.91 Å². The van der Waals surface area contributed by atoms with Crippen LogP contribution in [0.5, 0.6) is 0 Å². The number of amides is 1. The van der Waals surface area contributed by atoms with Crippen molar-refractivity contribution >= 4 is 5.91 Å². The topological polar surface area (TPSA) is 72.9 Å². The van der Waals surface area contributed by atoms with Crippen LogP contribution in [0.1, 0.15) is 24.0 Å². The monoisotopic (exact) mass is 196 g/mol. The van der Waals surface area contributed by atoms with Crippen LogP contribution >= 0.6 is 0 Å². The predicted molar refractivity (Wildman–Crippen MR) is 53.8 cm³/mol. The molecule has 0 radical (unpaired) electrons. The Morgan fingerprint density at radius 1 is 1.79 bits per heavy atom. The summed E-state index contributed by atoms with van der Waals surface area (Å²) in [4.78, 5) is 15.4. The molecule has 1 rings (SSSR count). The summed E-state index contributed by atoms with van der Waals surface area (Å²) < 4.78 is 1.67. The molecule has 3 N–H and O–H groups in total. The zero-order valence-electron chi connectivity index (χ0n) is 8.53. The Morgan fingerprint density at radius 2 is 2.50 bits per heavy atom. The number of carbonyl (C=O) groups excluding carboxylic acids is 1. The van der Waals surface area contributed by atoms with Gasteiger partial charge in [-0.2, -0.15) is 0 Å². The molecule has 0 bridgehead atoms. The van der Waals surface area contributed by atoms with Gasteiger partial charge in [-0.1, -0.05) is 6.92 Å². The Morgan fingerprint density at radius 3 is 3.00 bits per heavy atom. The average molecular weight is 196 g/mol. The lowest BCUT2D eigenvalue weighted by molar-refractivity contribution is 0.0937. The van der Waals surface area contributed by atoms with E-state index in [9.17, 15) is 4.79 Å². The van der Waals surface area contributed by atoms with Crippen LogP contribution in [0.4, 0.5) is 0 Å². The summed E-state index contributed by atoms with van der Waals surface area (Å²) in [7, 11) is 1.78. The minimum absolute atomic E-state index is 0.0132. The number of nitrogens with zero attached hydrogens (tertiary/aromatic N) is 2. The predicted octanol–water partition coefficient (Wildman–Crippen LogP) is -0.113. The van der Waals surface area contributed by atoms with Crippen molar-refractivity contribution in [3.05, 3.63) is 18.2 Å². The first kappa shape index (κ1) is 10.7. The van der Waals surface area contributed by atoms with Gasteiger partial charge in [0.1, 0.15) is 0 Å². The van der Waals surface area contributed by atoms with Gasteiger partial charge in [0.15, 0.2) is 5.82 Å². The molecule has 0 aliphatic carbocycles. The Bertz CT molecular complexity index is 308. The molecular formula is C9H16N4O. The third kappa shape index (κ3) is 2.56. The van der Waals surface area contributed by atoms with E-state index in [0.29, 0.717) is 12.4 Å². The molecule has 0 aromatic carbocycles. The SMILES string of the molecule is CCC(N)CNC(=O)c1nccn1C. The molecule has 1 aromatic rings. The fourth-order valence-electron chi connectivity index (χ4n) is 1.03. The van der Waals surface area contributed by atoms with E-state index in [0.717, 1.165) is 6.42 Å². The highest BCUT2D eigenvalue weighted by atomic mass is 16.2. The minimum Gasteiger partial charge on any atom is -0.348 e. The van der Waals surface area contributed by atoms with Gasteiger partial charge in [0, 0.05) is 32.0 Å². The third-order valence-corrected chi connectivity index (χ3v) is 2.07. The van der Waals surface area contributed by atoms with Crippen molar-refractivity contribution in [3.63, 3.8) is 0 Å². The van der Waals surface area contributed by atoms with Crippen molar-refractivity contribution in [1.29, 1.82) is 0 Å². The first-order chi connectivity index (χ1) is 6.65. The Labute approximate surface area is 83.3 Å². The van der Waals surface area contributed by atoms with E-state index in [-0.39, 0.29) is 11.9 Å². The van der Waals surface area contributed by atoms with Gasteiger partial charge in [-0.3, -0.25) is 4.79 Å². The molecule has 0 aliphatic heterocycles. The number of carbonyl (C=O) groups is 1. The van der Waals surface area contributed by atoms with Crippen molar-refractivity contribution in [2.24, 2.45) is 12.8 Å². The van der Waals surface area contributed by atoms with Crippen LogP contribution in [-0.2, 0) is 7.05 Å². The second kappa shape index (κ2) is 4.76. The molecule has 0 saturated heterocycles. The third-order valence-electron chi connectivity index (χ3n) is 2.07. The largest absolute Gasteiger partial charge is 0.348 e. The molecule has 1 unspecified atom stereocenters. The normalized spacial score (nSPS) is 12.5. The number of aryl methyl sites for hydroxylation is 1. The maximum absolute atomic E-state index is 11.5. The Balaban J connectivity index is 2.47. The summed E-state index contributed by atoms with van der Waals surface area (Å²) in [5.74, 6) is 0.231. The molecule has 5 heteroatoms. The highest BCUT2D eigenvalue weighted by Crippen LogP contribution is 1.93. The Hall–Kier alpha value is -1.36. The van der Waals surface area contributed by atoms with Crippen LogP contribution < -0.4 is 11.1 Å². The van der Waals surface area contributed by atoms with E-state index in [2.05, 4.69) is 10.3 Å². The summed E-state index contributed by atoms with van der Waals surface area (Å²) in [6, 6.07) is 0.0132. The van der Waals surface area contributed by atoms with Crippen molar-refractivity contribution < 1.29 is 4.79 Å². The fourth-order valence-corrected chi connectivity index (χ4v) is 1.03. The zero-order valence-corrected chi connectivity index (χ0v) is 8.53. The minimum atomic E-state index is -0.179. The standard InChI is InChI=1S/C9H16N4O/c1-3-7(10)6-12-9(14)8-11-4-5-13(8)2/h4-5,7H,3,6,10H2,1-2H3,(H,12,14). The molecule has 0 spiro atoms. The molecule has 1 amide bonds. The Kier molecular flexibility index (Phi) is 3.64. The number of nitrogens with one attached hydrogen (secondary N) is 1. The summed E-state index contributed by atoms with van der Waals surface area (Å²) in [5.41, 5.74) is 5.67. The van der Waals surface area contributed by atoms with Crippen LogP contribution in [0.2, 0.25) is 0 Å². The number of imidazole rings is 1. The first-order valence-electron chi connectivity index (χ1n) is 4.66. The molecule has 1 atom stereocenters. The maximum Gasteiger partial charge on any atom is 0.287 e. The highest BCUT2D eigenvalue weighted by Gasteiger charge is 2.10. The lowest BCUT2D eigenvalue weighted by Gasteiger charge is -2.09. The van der Waals surface area contributed by atoms with Gasteiger partial charge in [-0.25, -0.2) is 4.98 Å². The van der Waals surface area contributed by atoms with Crippen molar-refractivity contribution in [2.45, 2.75) is 19.4 Å². The molecular weight excluding hydrogens is 180 g/mol. The quantitative estimate of drug-likeness (QED) is 0.705. The van der Waals surface area contributed by atoms with Gasteiger partial charge in [0.2, 0.25) is 0 Å². The highest BCUT2D eigenvalue weighted by molar-refractivity contribution is 5.90. The smallest absolute Gasteiger partial charge is 0.287 e. The van der Waals surface area contributed by atoms with E-state index < -0.39 is 0 Å². The molecule has 0 saturated carbocycles. The van der Waals surface area contributed by atoms with Crippen LogP contribution in [-0.4, -0.2) is 28.0 Å². The van der Waals surface area contributed by atoms with Crippen LogP contribution in [0.15, 0.2) is 12.4 Å². The van der Waals surface area contributed by atoms with E-state index in [1.165, 1.54) is 0 Å². The summed E-state index contributed by atoms with van der Waals surface area (Å²) in [6.45, 7) is 2.47. The fraction of sp³-hybridized carbons (Fsp3) is 0.556. The van der Waals surface area contributed by atoms with Crippen molar-refractivity contribution in [1.82, 2.24) is 14.9 Å². The van der Waals surface area contributed by atoms with E-state index >= 15 is 0 Å². The molecule has 1 aromatic heterocycles. The number of hydrogen-bond acceptors (Lipinski definition) is 3. The zero-order chi connectivity index (χ0) is 10.6. The second-order valence-corrected chi connectivity index (χ2v) is 3.24. The summed E-state index contributed by atoms with van der Waals surface area (Å²) in [6.07, 6.45) is 4.17. The van der Waals surface area contributed by atoms with E-state index in [1.54, 1.807) is 24.0 Å². The molecule has 0 fully saturated rings. The summed E-state index contributed by atoms with van der Waals surface area (Å²) in [5, 5.41) is 2.73. The molecule has 14 heavy (non-hydrogen) atoms. The molecule has 5 nitrogen and oxygen atoms in total. The lowest BCUT2D eigenvalue weighted by Crippen LogP contribution is -2.37. The second-order valence-electron chi connectivity index (χ2n) is 3.24. The molecule has 78 valence electrons. The summed E-state index contributed by atoms with van der Waals surface area (Å²) >= 11 is 0. The maximum atomic E-state index is 11.5. The van der Waals surface area contributed by atoms with E-state index in [4.69, 9.17) is 5.73 Å². The van der Waals surface area contributed by atoms with Crippen LogP contribution in [0.3, 0.4) is 0 Å². The first-order valence-corrected chi connectivity index (χ1v) is 4.66. The van der Waals surface area contributed by atoms with Crippen molar-refractivity contribution in [3.8, 4) is 0 Å². The molecule has 0 aliphatic rings. The van der Waals surface area contributed by atoms with Gasteiger partial charge < -0.3 is 15.6 Å².